The van der Waals surface area contributed by atoms with Crippen LogP contribution in [0.2, 0.25) is 0 Å². The van der Waals surface area contributed by atoms with Crippen molar-refractivity contribution in [3.8, 4) is 0 Å². The Bertz CT molecular complexity index is 480. The summed E-state index contributed by atoms with van der Waals surface area (Å²) in [5.41, 5.74) is 0. The highest BCUT2D eigenvalue weighted by Crippen LogP contribution is 2.38. The monoisotopic (exact) mass is 313 g/mol. The van der Waals surface area contributed by atoms with Gasteiger partial charge < -0.3 is 10.0 Å². The van der Waals surface area contributed by atoms with E-state index in [-0.39, 0.29) is 5.75 Å². The summed E-state index contributed by atoms with van der Waals surface area (Å²) in [5, 5.41) is 18.0. The number of aliphatic carboxylic acids is 1. The lowest BCUT2D eigenvalue weighted by atomic mass is 9.75. The Morgan fingerprint density at radius 1 is 1.30 bits per heavy atom. The van der Waals surface area contributed by atoms with Gasteiger partial charge in [0.2, 0.25) is 5.13 Å². The molecule has 0 radical (unpaired) electrons. The van der Waals surface area contributed by atoms with E-state index < -0.39 is 5.97 Å². The molecule has 0 spiro atoms. The fourth-order valence-electron chi connectivity index (χ4n) is 3.29. The van der Waals surface area contributed by atoms with Crippen molar-refractivity contribution in [3.05, 3.63) is 0 Å². The molecule has 1 aliphatic carbocycles. The van der Waals surface area contributed by atoms with E-state index >= 15 is 0 Å². The van der Waals surface area contributed by atoms with Gasteiger partial charge >= 0.3 is 5.97 Å². The molecule has 2 heterocycles. The zero-order chi connectivity index (χ0) is 13.9. The first kappa shape index (κ1) is 14.1. The summed E-state index contributed by atoms with van der Waals surface area (Å²) in [4.78, 5) is 12.9. The van der Waals surface area contributed by atoms with Crippen LogP contribution in [0.5, 0.6) is 0 Å². The van der Waals surface area contributed by atoms with Crippen LogP contribution in [-0.4, -0.2) is 40.1 Å². The van der Waals surface area contributed by atoms with Gasteiger partial charge in [-0.25, -0.2) is 0 Å². The van der Waals surface area contributed by atoms with Gasteiger partial charge in [-0.2, -0.15) is 0 Å². The van der Waals surface area contributed by atoms with Gasteiger partial charge in [-0.1, -0.05) is 42.4 Å². The van der Waals surface area contributed by atoms with Crippen molar-refractivity contribution in [2.24, 2.45) is 11.8 Å². The molecule has 2 fully saturated rings. The van der Waals surface area contributed by atoms with Crippen molar-refractivity contribution in [1.29, 1.82) is 0 Å². The van der Waals surface area contributed by atoms with Gasteiger partial charge in [0.15, 0.2) is 4.34 Å². The van der Waals surface area contributed by atoms with Crippen LogP contribution >= 0.6 is 23.1 Å². The molecule has 1 aromatic rings. The molecular formula is C13H19N3O2S2. The van der Waals surface area contributed by atoms with Crippen LogP contribution in [0.1, 0.15) is 32.1 Å². The summed E-state index contributed by atoms with van der Waals surface area (Å²) in [7, 11) is 0. The highest BCUT2D eigenvalue weighted by atomic mass is 32.2. The molecule has 2 atom stereocenters. The van der Waals surface area contributed by atoms with Gasteiger partial charge in [0.05, 0.1) is 5.75 Å². The average Bonchev–Trinajstić information content (AvgIpc) is 2.93. The molecular weight excluding hydrogens is 294 g/mol. The normalized spacial score (nSPS) is 26.3. The minimum Gasteiger partial charge on any atom is -0.481 e. The molecule has 2 unspecified atom stereocenters. The first-order chi connectivity index (χ1) is 9.72. The summed E-state index contributed by atoms with van der Waals surface area (Å²) < 4.78 is 0.758. The van der Waals surface area contributed by atoms with Crippen LogP contribution < -0.4 is 4.90 Å². The summed E-state index contributed by atoms with van der Waals surface area (Å²) in [6.45, 7) is 2.17. The number of hydrogen-bond acceptors (Lipinski definition) is 6. The molecule has 1 N–H and O–H groups in total. The van der Waals surface area contributed by atoms with E-state index in [4.69, 9.17) is 5.11 Å². The number of piperidine rings is 1. The fraction of sp³-hybridized carbons (Fsp3) is 0.769. The zero-order valence-corrected chi connectivity index (χ0v) is 13.0. The molecule has 2 aliphatic rings. The van der Waals surface area contributed by atoms with Gasteiger partial charge in [0, 0.05) is 13.1 Å². The number of aromatic nitrogens is 2. The second-order valence-electron chi connectivity index (χ2n) is 5.57. The topological polar surface area (TPSA) is 66.3 Å². The van der Waals surface area contributed by atoms with E-state index in [9.17, 15) is 4.79 Å². The lowest BCUT2D eigenvalue weighted by Gasteiger charge is -2.41. The highest BCUT2D eigenvalue weighted by Gasteiger charge is 2.32. The van der Waals surface area contributed by atoms with E-state index in [0.717, 1.165) is 34.4 Å². The minimum atomic E-state index is -0.810. The largest absolute Gasteiger partial charge is 0.481 e. The van der Waals surface area contributed by atoms with Crippen LogP contribution in [0.3, 0.4) is 0 Å². The van der Waals surface area contributed by atoms with E-state index in [0.29, 0.717) is 0 Å². The SMILES string of the molecule is O=C(O)CSc1nnc(N2CCC3CCCCC3C2)s1. The first-order valence-corrected chi connectivity index (χ1v) is 8.95. The van der Waals surface area contributed by atoms with Crippen LogP contribution in [0.25, 0.3) is 0 Å². The van der Waals surface area contributed by atoms with Crippen LogP contribution in [0, 0.1) is 11.8 Å². The lowest BCUT2D eigenvalue weighted by molar-refractivity contribution is -0.133. The van der Waals surface area contributed by atoms with E-state index in [2.05, 4.69) is 15.1 Å². The standard InChI is InChI=1S/C13H19N3O2S2/c17-11(18)8-19-13-15-14-12(20-13)16-6-5-9-3-1-2-4-10(9)7-16/h9-10H,1-8H2,(H,17,18). The Labute approximate surface area is 126 Å². The third-order valence-corrected chi connectivity index (χ3v) is 6.38. The molecule has 1 saturated heterocycles. The van der Waals surface area contributed by atoms with Gasteiger partial charge in [-0.05, 0) is 24.7 Å². The molecule has 5 nitrogen and oxygen atoms in total. The number of rotatable bonds is 4. The molecule has 110 valence electrons. The van der Waals surface area contributed by atoms with Gasteiger partial charge in [-0.15, -0.1) is 10.2 Å². The highest BCUT2D eigenvalue weighted by molar-refractivity contribution is 8.01. The zero-order valence-electron chi connectivity index (χ0n) is 11.3. The second kappa shape index (κ2) is 6.30. The van der Waals surface area contributed by atoms with Crippen LogP contribution in [0.4, 0.5) is 5.13 Å². The molecule has 0 aromatic carbocycles. The molecule has 20 heavy (non-hydrogen) atoms. The Morgan fingerprint density at radius 2 is 2.10 bits per heavy atom. The minimum absolute atomic E-state index is 0.0549. The van der Waals surface area contributed by atoms with Gasteiger partial charge in [-0.3, -0.25) is 4.79 Å². The lowest BCUT2D eigenvalue weighted by Crippen LogP contribution is -2.41. The molecule has 0 bridgehead atoms. The predicted octanol–water partition coefficient (Wildman–Crippen LogP) is 2.73. The molecule has 1 aliphatic heterocycles. The Kier molecular flexibility index (Phi) is 4.45. The van der Waals surface area contributed by atoms with Crippen molar-refractivity contribution < 1.29 is 9.90 Å². The Morgan fingerprint density at radius 3 is 2.90 bits per heavy atom. The molecule has 0 amide bonds. The predicted molar refractivity (Wildman–Crippen MR) is 80.5 cm³/mol. The second-order valence-corrected chi connectivity index (χ2v) is 7.75. The number of carbonyl (C=O) groups is 1. The number of fused-ring (bicyclic) bond motifs is 1. The fourth-order valence-corrected chi connectivity index (χ4v) is 4.88. The van der Waals surface area contributed by atoms with Crippen molar-refractivity contribution in [2.75, 3.05) is 23.7 Å². The average molecular weight is 313 g/mol. The quantitative estimate of drug-likeness (QED) is 0.862. The summed E-state index contributed by atoms with van der Waals surface area (Å²) in [5.74, 6) is 0.972. The van der Waals surface area contributed by atoms with Crippen LogP contribution in [-0.2, 0) is 4.79 Å². The Hall–Kier alpha value is -0.820. The molecule has 3 rings (SSSR count). The number of carboxylic acid groups (broad SMARTS) is 1. The summed E-state index contributed by atoms with van der Waals surface area (Å²) in [6.07, 6.45) is 6.78. The third kappa shape index (κ3) is 3.25. The maximum absolute atomic E-state index is 10.6. The molecule has 1 saturated carbocycles. The number of carboxylic acids is 1. The number of thioether (sulfide) groups is 1. The van der Waals surface area contributed by atoms with E-state index in [1.807, 2.05) is 0 Å². The van der Waals surface area contributed by atoms with Gasteiger partial charge in [0.25, 0.3) is 0 Å². The third-order valence-electron chi connectivity index (χ3n) is 4.28. The van der Waals surface area contributed by atoms with Crippen molar-refractivity contribution in [1.82, 2.24) is 10.2 Å². The summed E-state index contributed by atoms with van der Waals surface area (Å²) >= 11 is 2.78. The smallest absolute Gasteiger partial charge is 0.313 e. The van der Waals surface area contributed by atoms with Crippen LogP contribution in [0.15, 0.2) is 4.34 Å². The van der Waals surface area contributed by atoms with Crippen molar-refractivity contribution >= 4 is 34.2 Å². The maximum atomic E-state index is 10.6. The van der Waals surface area contributed by atoms with E-state index in [1.165, 1.54) is 55.2 Å². The van der Waals surface area contributed by atoms with Gasteiger partial charge in [0.1, 0.15) is 0 Å². The van der Waals surface area contributed by atoms with E-state index in [1.54, 1.807) is 0 Å². The van der Waals surface area contributed by atoms with Crippen molar-refractivity contribution in [2.45, 2.75) is 36.4 Å². The maximum Gasteiger partial charge on any atom is 0.313 e. The number of hydrogen-bond donors (Lipinski definition) is 1. The first-order valence-electron chi connectivity index (χ1n) is 7.15. The number of anilines is 1. The molecule has 1 aromatic heterocycles. The molecule has 7 heteroatoms. The van der Waals surface area contributed by atoms with Crippen molar-refractivity contribution in [3.63, 3.8) is 0 Å². The Balaban J connectivity index is 1.60. The number of nitrogens with zero attached hydrogens (tertiary/aromatic N) is 3. The summed E-state index contributed by atoms with van der Waals surface area (Å²) in [6, 6.07) is 0.